The van der Waals surface area contributed by atoms with Gasteiger partial charge in [0.15, 0.2) is 0 Å². The molecule has 0 spiro atoms. The second kappa shape index (κ2) is 7.28. The molecule has 1 amide bonds. The van der Waals surface area contributed by atoms with E-state index in [1.165, 1.54) is 51.4 Å². The fourth-order valence-electron chi connectivity index (χ4n) is 4.06. The highest BCUT2D eigenvalue weighted by Crippen LogP contribution is 2.30. The average Bonchev–Trinajstić information content (AvgIpc) is 2.29. The van der Waals surface area contributed by atoms with Gasteiger partial charge in [0.1, 0.15) is 0 Å². The smallest absolute Gasteiger partial charge is 0.257 e. The standard InChI is InChI=1S/C16H29NO2/c18-16(19)17(13-9-5-2-6-10-14-17)15-11-7-3-1-4-8-12-15/h15H,1-14H2. The van der Waals surface area contributed by atoms with Crippen molar-refractivity contribution in [2.24, 2.45) is 0 Å². The first-order valence-corrected chi connectivity index (χ1v) is 8.34. The van der Waals surface area contributed by atoms with Gasteiger partial charge in [0, 0.05) is 0 Å². The van der Waals surface area contributed by atoms with E-state index in [1.807, 2.05) is 0 Å². The monoisotopic (exact) mass is 267 g/mol. The molecule has 3 nitrogen and oxygen atoms in total. The fourth-order valence-corrected chi connectivity index (χ4v) is 4.06. The lowest BCUT2D eigenvalue weighted by molar-refractivity contribution is -0.901. The molecule has 0 N–H and O–H groups in total. The van der Waals surface area contributed by atoms with Gasteiger partial charge < -0.3 is 9.90 Å². The van der Waals surface area contributed by atoms with Gasteiger partial charge in [0.05, 0.1) is 19.1 Å². The SMILES string of the molecule is O=C([O-])[N+]1(C2CCCCCCC2)CCCCCCC1. The Morgan fingerprint density at radius 2 is 1.16 bits per heavy atom. The maximum Gasteiger partial charge on any atom is 0.257 e. The molecular weight excluding hydrogens is 238 g/mol. The third-order valence-corrected chi connectivity index (χ3v) is 5.25. The van der Waals surface area contributed by atoms with Crippen LogP contribution in [-0.4, -0.2) is 29.7 Å². The molecule has 3 heteroatoms. The zero-order chi connectivity index (χ0) is 13.6. The van der Waals surface area contributed by atoms with Crippen LogP contribution in [0.25, 0.3) is 0 Å². The molecule has 2 aliphatic rings. The minimum atomic E-state index is -0.799. The van der Waals surface area contributed by atoms with E-state index in [0.717, 1.165) is 38.8 Å². The second-order valence-corrected chi connectivity index (χ2v) is 6.51. The Balaban J connectivity index is 2.12. The van der Waals surface area contributed by atoms with Crippen molar-refractivity contribution in [1.82, 2.24) is 0 Å². The summed E-state index contributed by atoms with van der Waals surface area (Å²) in [5, 5.41) is 11.9. The van der Waals surface area contributed by atoms with Crippen molar-refractivity contribution in [3.63, 3.8) is 0 Å². The summed E-state index contributed by atoms with van der Waals surface area (Å²) >= 11 is 0. The summed E-state index contributed by atoms with van der Waals surface area (Å²) in [6.45, 7) is 1.62. The predicted octanol–water partition coefficient (Wildman–Crippen LogP) is 3.22. The molecule has 1 saturated heterocycles. The number of hydrogen-bond donors (Lipinski definition) is 0. The van der Waals surface area contributed by atoms with Crippen molar-refractivity contribution in [3.05, 3.63) is 0 Å². The summed E-state index contributed by atoms with van der Waals surface area (Å²) in [5.74, 6) is 0. The molecule has 19 heavy (non-hydrogen) atoms. The van der Waals surface area contributed by atoms with Gasteiger partial charge in [-0.1, -0.05) is 25.7 Å². The van der Waals surface area contributed by atoms with Crippen LogP contribution in [0.1, 0.15) is 77.0 Å². The molecule has 1 aliphatic heterocycles. The molecule has 1 saturated carbocycles. The minimum Gasteiger partial charge on any atom is -0.498 e. The van der Waals surface area contributed by atoms with Crippen LogP contribution in [0.2, 0.25) is 0 Å². The van der Waals surface area contributed by atoms with Crippen molar-refractivity contribution < 1.29 is 14.4 Å². The summed E-state index contributed by atoms with van der Waals surface area (Å²) in [4.78, 5) is 11.9. The number of rotatable bonds is 1. The Morgan fingerprint density at radius 3 is 1.63 bits per heavy atom. The van der Waals surface area contributed by atoms with Gasteiger partial charge in [-0.05, 0) is 51.4 Å². The lowest BCUT2D eigenvalue weighted by Gasteiger charge is -2.46. The Kier molecular flexibility index (Phi) is 5.68. The number of carbonyl (C=O) groups is 1. The molecule has 0 bridgehead atoms. The Bertz CT molecular complexity index is 274. The van der Waals surface area contributed by atoms with Crippen LogP contribution in [0, 0.1) is 0 Å². The van der Waals surface area contributed by atoms with Crippen LogP contribution < -0.4 is 5.11 Å². The molecule has 0 atom stereocenters. The van der Waals surface area contributed by atoms with Crippen LogP contribution in [-0.2, 0) is 0 Å². The lowest BCUT2D eigenvalue weighted by Crippen LogP contribution is -2.65. The molecule has 0 aromatic carbocycles. The van der Waals surface area contributed by atoms with E-state index < -0.39 is 6.09 Å². The maximum absolute atomic E-state index is 11.9. The third-order valence-electron chi connectivity index (χ3n) is 5.25. The Labute approximate surface area is 117 Å². The van der Waals surface area contributed by atoms with Gasteiger partial charge in [-0.2, -0.15) is 0 Å². The van der Waals surface area contributed by atoms with Gasteiger partial charge in [0.25, 0.3) is 6.09 Å². The lowest BCUT2D eigenvalue weighted by atomic mass is 9.92. The normalized spacial score (nSPS) is 26.7. The Morgan fingerprint density at radius 1 is 0.737 bits per heavy atom. The molecule has 2 fully saturated rings. The fraction of sp³-hybridized carbons (Fsp3) is 0.938. The van der Waals surface area contributed by atoms with Gasteiger partial charge in [-0.25, -0.2) is 0 Å². The molecule has 0 aromatic heterocycles. The highest BCUT2D eigenvalue weighted by atomic mass is 16.4. The molecule has 1 aliphatic carbocycles. The molecule has 2 rings (SSSR count). The van der Waals surface area contributed by atoms with E-state index in [0.29, 0.717) is 6.04 Å². The summed E-state index contributed by atoms with van der Waals surface area (Å²) in [7, 11) is 0. The van der Waals surface area contributed by atoms with E-state index in [9.17, 15) is 9.90 Å². The summed E-state index contributed by atoms with van der Waals surface area (Å²) < 4.78 is 0.278. The minimum absolute atomic E-state index is 0.278. The van der Waals surface area contributed by atoms with Crippen LogP contribution in [0.5, 0.6) is 0 Å². The predicted molar refractivity (Wildman–Crippen MR) is 74.6 cm³/mol. The summed E-state index contributed by atoms with van der Waals surface area (Å²) in [6, 6.07) is 0.323. The topological polar surface area (TPSA) is 40.1 Å². The van der Waals surface area contributed by atoms with Crippen molar-refractivity contribution in [1.29, 1.82) is 0 Å². The van der Waals surface area contributed by atoms with Gasteiger partial charge in [0.2, 0.25) is 0 Å². The molecular formula is C16H29NO2. The van der Waals surface area contributed by atoms with Crippen LogP contribution >= 0.6 is 0 Å². The van der Waals surface area contributed by atoms with Crippen molar-refractivity contribution in [2.45, 2.75) is 83.1 Å². The summed E-state index contributed by atoms with van der Waals surface area (Å²) in [5.41, 5.74) is 0. The molecule has 0 unspecified atom stereocenters. The summed E-state index contributed by atoms with van der Waals surface area (Å²) in [6.07, 6.45) is 13.5. The number of carbonyl (C=O) groups excluding carboxylic acids is 1. The highest BCUT2D eigenvalue weighted by Gasteiger charge is 2.38. The number of hydrogen-bond acceptors (Lipinski definition) is 2. The number of quaternary nitrogens is 1. The average molecular weight is 267 g/mol. The molecule has 0 aromatic rings. The molecule has 110 valence electrons. The zero-order valence-corrected chi connectivity index (χ0v) is 12.2. The Hall–Kier alpha value is -0.570. The van der Waals surface area contributed by atoms with Gasteiger partial charge in [-0.15, -0.1) is 0 Å². The zero-order valence-electron chi connectivity index (χ0n) is 12.2. The van der Waals surface area contributed by atoms with Gasteiger partial charge >= 0.3 is 0 Å². The first-order valence-electron chi connectivity index (χ1n) is 8.34. The molecule has 1 heterocycles. The van der Waals surface area contributed by atoms with Crippen LogP contribution in [0.4, 0.5) is 4.79 Å². The van der Waals surface area contributed by atoms with E-state index in [2.05, 4.69) is 0 Å². The van der Waals surface area contributed by atoms with E-state index in [-0.39, 0.29) is 4.48 Å². The van der Waals surface area contributed by atoms with Crippen molar-refractivity contribution in [3.8, 4) is 0 Å². The maximum atomic E-state index is 11.9. The van der Waals surface area contributed by atoms with E-state index >= 15 is 0 Å². The highest BCUT2D eigenvalue weighted by molar-refractivity contribution is 5.54. The van der Waals surface area contributed by atoms with Crippen molar-refractivity contribution in [2.75, 3.05) is 13.1 Å². The second-order valence-electron chi connectivity index (χ2n) is 6.51. The quantitative estimate of drug-likeness (QED) is 0.684. The third kappa shape index (κ3) is 3.71. The van der Waals surface area contributed by atoms with Crippen LogP contribution in [0.15, 0.2) is 0 Å². The number of nitrogens with zero attached hydrogens (tertiary/aromatic N) is 1. The molecule has 0 radical (unpaired) electrons. The number of likely N-dealkylation sites (tertiary alicyclic amines) is 1. The van der Waals surface area contributed by atoms with Crippen molar-refractivity contribution >= 4 is 6.09 Å². The van der Waals surface area contributed by atoms with Gasteiger partial charge in [-0.3, -0.25) is 4.48 Å². The first kappa shape index (κ1) is 14.8. The van der Waals surface area contributed by atoms with E-state index in [1.54, 1.807) is 0 Å². The number of carboxylic acid groups (broad SMARTS) is 1. The van der Waals surface area contributed by atoms with Crippen LogP contribution in [0.3, 0.4) is 0 Å². The number of amides is 1. The first-order chi connectivity index (χ1) is 9.26. The van der Waals surface area contributed by atoms with E-state index in [4.69, 9.17) is 0 Å². The largest absolute Gasteiger partial charge is 0.498 e.